The minimum Gasteiger partial charge on any atom is -0.366 e. The molecule has 0 spiro atoms. The number of aryl methyl sites for hydroxylation is 2. The van der Waals surface area contributed by atoms with Crippen LogP contribution in [0.25, 0.3) is 0 Å². The number of anilines is 1. The molecule has 2 heterocycles. The van der Waals surface area contributed by atoms with Crippen molar-refractivity contribution in [1.29, 1.82) is 0 Å². The molecule has 2 rings (SSSR count). The molecule has 0 saturated heterocycles. The van der Waals surface area contributed by atoms with Crippen molar-refractivity contribution in [3.63, 3.8) is 0 Å². The number of rotatable bonds is 3. The van der Waals surface area contributed by atoms with Gasteiger partial charge in [-0.2, -0.15) is 0 Å². The smallest absolute Gasteiger partial charge is 0.126 e. The van der Waals surface area contributed by atoms with Gasteiger partial charge in [0.15, 0.2) is 0 Å². The zero-order valence-corrected chi connectivity index (χ0v) is 9.57. The van der Waals surface area contributed by atoms with Gasteiger partial charge in [-0.05, 0) is 43.2 Å². The van der Waals surface area contributed by atoms with Crippen LogP contribution in [0.2, 0.25) is 0 Å². The lowest BCUT2D eigenvalue weighted by molar-refractivity contribution is 1.06. The summed E-state index contributed by atoms with van der Waals surface area (Å²) in [5.74, 6) is 0.903. The van der Waals surface area contributed by atoms with Gasteiger partial charge in [-0.25, -0.2) is 4.98 Å². The van der Waals surface area contributed by atoms with E-state index in [0.29, 0.717) is 0 Å². The van der Waals surface area contributed by atoms with Gasteiger partial charge in [-0.15, -0.1) is 0 Å². The highest BCUT2D eigenvalue weighted by molar-refractivity contribution is 5.37. The Hall–Kier alpha value is -1.90. The van der Waals surface area contributed by atoms with Crippen LogP contribution in [0, 0.1) is 13.8 Å². The molecule has 16 heavy (non-hydrogen) atoms. The Morgan fingerprint density at radius 1 is 1.12 bits per heavy atom. The maximum absolute atomic E-state index is 4.25. The fraction of sp³-hybridized carbons (Fsp3) is 0.231. The van der Waals surface area contributed by atoms with Crippen LogP contribution in [0.15, 0.2) is 36.7 Å². The van der Waals surface area contributed by atoms with E-state index >= 15 is 0 Å². The van der Waals surface area contributed by atoms with Crippen LogP contribution in [-0.4, -0.2) is 9.97 Å². The lowest BCUT2D eigenvalue weighted by Gasteiger charge is -2.06. The van der Waals surface area contributed by atoms with Crippen molar-refractivity contribution >= 4 is 5.82 Å². The quantitative estimate of drug-likeness (QED) is 0.851. The third-order valence-electron chi connectivity index (χ3n) is 2.36. The summed E-state index contributed by atoms with van der Waals surface area (Å²) in [5, 5.41) is 3.27. The second-order valence-corrected chi connectivity index (χ2v) is 3.88. The molecular formula is C13H15N3. The molecule has 1 N–H and O–H groups in total. The van der Waals surface area contributed by atoms with Crippen LogP contribution >= 0.6 is 0 Å². The van der Waals surface area contributed by atoms with Crippen LogP contribution in [-0.2, 0) is 6.54 Å². The van der Waals surface area contributed by atoms with Crippen LogP contribution in [0.3, 0.4) is 0 Å². The van der Waals surface area contributed by atoms with Gasteiger partial charge in [0.05, 0.1) is 0 Å². The molecule has 0 atom stereocenters. The van der Waals surface area contributed by atoms with Gasteiger partial charge in [-0.1, -0.05) is 6.07 Å². The zero-order chi connectivity index (χ0) is 11.4. The fourth-order valence-electron chi connectivity index (χ4n) is 1.43. The lowest BCUT2D eigenvalue weighted by Crippen LogP contribution is -2.01. The summed E-state index contributed by atoms with van der Waals surface area (Å²) in [4.78, 5) is 8.49. The molecule has 3 heteroatoms. The Morgan fingerprint density at radius 2 is 2.00 bits per heavy atom. The zero-order valence-electron chi connectivity index (χ0n) is 9.57. The first kappa shape index (κ1) is 10.6. The first-order valence-electron chi connectivity index (χ1n) is 5.32. The monoisotopic (exact) mass is 213 g/mol. The third kappa shape index (κ3) is 2.79. The molecular weight excluding hydrogens is 198 g/mol. The van der Waals surface area contributed by atoms with E-state index in [4.69, 9.17) is 0 Å². The molecule has 3 nitrogen and oxygen atoms in total. The molecule has 0 aliphatic rings. The van der Waals surface area contributed by atoms with Crippen molar-refractivity contribution in [2.75, 3.05) is 5.32 Å². The van der Waals surface area contributed by atoms with Gasteiger partial charge in [0, 0.05) is 24.6 Å². The van der Waals surface area contributed by atoms with Gasteiger partial charge < -0.3 is 5.32 Å². The molecule has 82 valence electrons. The van der Waals surface area contributed by atoms with Gasteiger partial charge in [0.1, 0.15) is 5.82 Å². The standard InChI is InChI=1S/C13H15N3/c1-10-5-6-14-13(7-10)16-9-12-4-3-11(2)15-8-12/h3-8H,9H2,1-2H3,(H,14,16). The van der Waals surface area contributed by atoms with E-state index in [2.05, 4.69) is 28.3 Å². The first-order chi connectivity index (χ1) is 7.74. The topological polar surface area (TPSA) is 37.8 Å². The number of hydrogen-bond donors (Lipinski definition) is 1. The molecule has 0 aromatic carbocycles. The van der Waals surface area contributed by atoms with E-state index in [1.54, 1.807) is 0 Å². The van der Waals surface area contributed by atoms with Crippen molar-refractivity contribution in [2.24, 2.45) is 0 Å². The highest BCUT2D eigenvalue weighted by Crippen LogP contribution is 2.07. The first-order valence-corrected chi connectivity index (χ1v) is 5.32. The summed E-state index contributed by atoms with van der Waals surface area (Å²) in [7, 11) is 0. The average Bonchev–Trinajstić information content (AvgIpc) is 2.28. The molecule has 0 aliphatic carbocycles. The number of pyridine rings is 2. The second-order valence-electron chi connectivity index (χ2n) is 3.88. The highest BCUT2D eigenvalue weighted by Gasteiger charge is 1.95. The lowest BCUT2D eigenvalue weighted by atomic mass is 10.2. The average molecular weight is 213 g/mol. The van der Waals surface area contributed by atoms with E-state index in [1.807, 2.05) is 37.5 Å². The summed E-state index contributed by atoms with van der Waals surface area (Å²) in [6, 6.07) is 8.10. The molecule has 2 aromatic rings. The van der Waals surface area contributed by atoms with Crippen molar-refractivity contribution in [2.45, 2.75) is 20.4 Å². The number of nitrogens with one attached hydrogen (secondary N) is 1. The van der Waals surface area contributed by atoms with Crippen molar-refractivity contribution in [1.82, 2.24) is 9.97 Å². The Bertz CT molecular complexity index is 463. The van der Waals surface area contributed by atoms with Gasteiger partial charge in [0.2, 0.25) is 0 Å². The van der Waals surface area contributed by atoms with E-state index in [1.165, 1.54) is 5.56 Å². The molecule has 0 saturated carbocycles. The van der Waals surface area contributed by atoms with Gasteiger partial charge in [-0.3, -0.25) is 4.98 Å². The van der Waals surface area contributed by atoms with Crippen LogP contribution < -0.4 is 5.32 Å². The minimum absolute atomic E-state index is 0.754. The van der Waals surface area contributed by atoms with Crippen LogP contribution in [0.5, 0.6) is 0 Å². The van der Waals surface area contributed by atoms with Gasteiger partial charge >= 0.3 is 0 Å². The largest absolute Gasteiger partial charge is 0.366 e. The van der Waals surface area contributed by atoms with Crippen molar-refractivity contribution in [3.05, 3.63) is 53.5 Å². The van der Waals surface area contributed by atoms with Crippen molar-refractivity contribution in [3.8, 4) is 0 Å². The molecule has 0 bridgehead atoms. The Morgan fingerprint density at radius 3 is 2.69 bits per heavy atom. The Kier molecular flexibility index (Phi) is 3.15. The molecule has 0 fully saturated rings. The normalized spacial score (nSPS) is 10.1. The van der Waals surface area contributed by atoms with Crippen LogP contribution in [0.1, 0.15) is 16.8 Å². The SMILES string of the molecule is Cc1ccnc(NCc2ccc(C)nc2)c1. The predicted octanol–water partition coefficient (Wildman–Crippen LogP) is 2.71. The third-order valence-corrected chi connectivity index (χ3v) is 2.36. The van der Waals surface area contributed by atoms with Crippen LogP contribution in [0.4, 0.5) is 5.82 Å². The number of nitrogens with zero attached hydrogens (tertiary/aromatic N) is 2. The number of aromatic nitrogens is 2. The predicted molar refractivity (Wildman–Crippen MR) is 65.3 cm³/mol. The molecule has 0 amide bonds. The van der Waals surface area contributed by atoms with Gasteiger partial charge in [0.25, 0.3) is 0 Å². The second kappa shape index (κ2) is 4.75. The Labute approximate surface area is 95.6 Å². The molecule has 0 aliphatic heterocycles. The fourth-order valence-corrected chi connectivity index (χ4v) is 1.43. The number of hydrogen-bond acceptors (Lipinski definition) is 3. The Balaban J connectivity index is 1.99. The summed E-state index contributed by atoms with van der Waals surface area (Å²) in [6.45, 7) is 4.79. The van der Waals surface area contributed by atoms with E-state index in [-0.39, 0.29) is 0 Å². The summed E-state index contributed by atoms with van der Waals surface area (Å²) < 4.78 is 0. The molecule has 0 radical (unpaired) electrons. The van der Waals surface area contributed by atoms with E-state index < -0.39 is 0 Å². The molecule has 2 aromatic heterocycles. The summed E-state index contributed by atoms with van der Waals surface area (Å²) in [5.41, 5.74) is 3.41. The maximum Gasteiger partial charge on any atom is 0.126 e. The minimum atomic E-state index is 0.754. The maximum atomic E-state index is 4.25. The van der Waals surface area contributed by atoms with E-state index in [0.717, 1.165) is 23.6 Å². The van der Waals surface area contributed by atoms with E-state index in [9.17, 15) is 0 Å². The summed E-state index contributed by atoms with van der Waals surface area (Å²) >= 11 is 0. The summed E-state index contributed by atoms with van der Waals surface area (Å²) in [6.07, 6.45) is 3.70. The molecule has 0 unspecified atom stereocenters. The van der Waals surface area contributed by atoms with Crippen molar-refractivity contribution < 1.29 is 0 Å². The highest BCUT2D eigenvalue weighted by atomic mass is 15.0.